The van der Waals surface area contributed by atoms with E-state index in [0.29, 0.717) is 5.56 Å². The Bertz CT molecular complexity index is 603. The number of anilines is 1. The largest absolute Gasteiger partial charge is 0.378 e. The summed E-state index contributed by atoms with van der Waals surface area (Å²) in [5.41, 5.74) is 2.49. The number of carbonyl (C=O) groups excluding carboxylic acids is 1. The van der Waals surface area contributed by atoms with Crippen LogP contribution in [0.15, 0.2) is 42.5 Å². The molecule has 0 saturated carbocycles. The topological polar surface area (TPSA) is 20.3 Å². The van der Waals surface area contributed by atoms with Crippen LogP contribution in [-0.4, -0.2) is 19.9 Å². The van der Waals surface area contributed by atoms with Crippen molar-refractivity contribution < 1.29 is 9.18 Å². The maximum absolute atomic E-state index is 13.7. The van der Waals surface area contributed by atoms with E-state index in [4.69, 9.17) is 0 Å². The zero-order valence-corrected chi connectivity index (χ0v) is 11.3. The predicted octanol–water partition coefficient (Wildman–Crippen LogP) is 3.43. The van der Waals surface area contributed by atoms with Gasteiger partial charge in [0.25, 0.3) is 0 Å². The highest BCUT2D eigenvalue weighted by Gasteiger charge is 2.14. The summed E-state index contributed by atoms with van der Waals surface area (Å²) in [6.45, 7) is 1.84. The van der Waals surface area contributed by atoms with Gasteiger partial charge in [-0.3, -0.25) is 4.79 Å². The van der Waals surface area contributed by atoms with E-state index in [9.17, 15) is 9.18 Å². The maximum atomic E-state index is 13.7. The average Bonchev–Trinajstić information content (AvgIpc) is 2.41. The molecule has 0 atom stereocenters. The maximum Gasteiger partial charge on any atom is 0.195 e. The molecular weight excluding hydrogens is 241 g/mol. The van der Waals surface area contributed by atoms with Crippen molar-refractivity contribution in [1.82, 2.24) is 0 Å². The van der Waals surface area contributed by atoms with E-state index in [1.807, 2.05) is 38.1 Å². The molecule has 0 aromatic heterocycles. The zero-order chi connectivity index (χ0) is 14.0. The van der Waals surface area contributed by atoms with Gasteiger partial charge in [0.15, 0.2) is 5.78 Å². The fourth-order valence-corrected chi connectivity index (χ4v) is 1.88. The van der Waals surface area contributed by atoms with Crippen LogP contribution in [0.1, 0.15) is 21.5 Å². The van der Waals surface area contributed by atoms with Crippen molar-refractivity contribution in [2.24, 2.45) is 0 Å². The van der Waals surface area contributed by atoms with Gasteiger partial charge in [0.2, 0.25) is 0 Å². The third-order valence-corrected chi connectivity index (χ3v) is 3.01. The number of hydrogen-bond acceptors (Lipinski definition) is 2. The minimum atomic E-state index is -0.479. The number of aryl methyl sites for hydroxylation is 1. The molecule has 2 aromatic rings. The Kier molecular flexibility index (Phi) is 3.65. The molecule has 0 saturated heterocycles. The van der Waals surface area contributed by atoms with Crippen molar-refractivity contribution in [3.63, 3.8) is 0 Å². The van der Waals surface area contributed by atoms with Crippen LogP contribution in [0.2, 0.25) is 0 Å². The number of ketones is 1. The van der Waals surface area contributed by atoms with E-state index < -0.39 is 5.82 Å². The van der Waals surface area contributed by atoms with Gasteiger partial charge in [-0.2, -0.15) is 0 Å². The zero-order valence-electron chi connectivity index (χ0n) is 11.3. The van der Waals surface area contributed by atoms with Gasteiger partial charge < -0.3 is 4.90 Å². The first-order valence-corrected chi connectivity index (χ1v) is 6.07. The highest BCUT2D eigenvalue weighted by molar-refractivity contribution is 6.09. The molecule has 98 valence electrons. The summed E-state index contributed by atoms with van der Waals surface area (Å²) in [4.78, 5) is 14.2. The lowest BCUT2D eigenvalue weighted by Crippen LogP contribution is -2.09. The Labute approximate surface area is 112 Å². The van der Waals surface area contributed by atoms with Gasteiger partial charge in [-0.1, -0.05) is 11.6 Å². The summed E-state index contributed by atoms with van der Waals surface area (Å²) < 4.78 is 13.7. The van der Waals surface area contributed by atoms with Crippen molar-refractivity contribution in [3.05, 3.63) is 65.0 Å². The van der Waals surface area contributed by atoms with E-state index in [1.165, 1.54) is 6.07 Å². The van der Waals surface area contributed by atoms with Crippen LogP contribution in [0.3, 0.4) is 0 Å². The third kappa shape index (κ3) is 2.81. The van der Waals surface area contributed by atoms with E-state index in [0.717, 1.165) is 11.3 Å². The molecule has 3 heteroatoms. The molecule has 0 aliphatic rings. The lowest BCUT2D eigenvalue weighted by molar-refractivity contribution is 0.103. The highest BCUT2D eigenvalue weighted by Crippen LogP contribution is 2.18. The van der Waals surface area contributed by atoms with Gasteiger partial charge in [-0.05, 0) is 43.3 Å². The second-order valence-corrected chi connectivity index (χ2v) is 4.75. The fraction of sp³-hybridized carbons (Fsp3) is 0.188. The lowest BCUT2D eigenvalue weighted by atomic mass is 10.0. The summed E-state index contributed by atoms with van der Waals surface area (Å²) in [5.74, 6) is -0.765. The Morgan fingerprint density at radius 2 is 1.68 bits per heavy atom. The van der Waals surface area contributed by atoms with Gasteiger partial charge in [-0.15, -0.1) is 0 Å². The van der Waals surface area contributed by atoms with Crippen molar-refractivity contribution in [2.75, 3.05) is 19.0 Å². The SMILES string of the molecule is Cc1ccc(F)c(C(=O)c2ccc(N(C)C)cc2)c1. The second kappa shape index (κ2) is 5.22. The van der Waals surface area contributed by atoms with E-state index in [2.05, 4.69) is 0 Å². The molecule has 2 aromatic carbocycles. The summed E-state index contributed by atoms with van der Waals surface area (Å²) in [5, 5.41) is 0. The van der Waals surface area contributed by atoms with E-state index >= 15 is 0 Å². The van der Waals surface area contributed by atoms with Gasteiger partial charge >= 0.3 is 0 Å². The Morgan fingerprint density at radius 3 is 2.26 bits per heavy atom. The Morgan fingerprint density at radius 1 is 1.05 bits per heavy atom. The minimum absolute atomic E-state index is 0.123. The molecule has 0 N–H and O–H groups in total. The van der Waals surface area contributed by atoms with Gasteiger partial charge in [0.05, 0.1) is 5.56 Å². The first-order chi connectivity index (χ1) is 8.99. The highest BCUT2D eigenvalue weighted by atomic mass is 19.1. The Balaban J connectivity index is 2.36. The van der Waals surface area contributed by atoms with E-state index in [-0.39, 0.29) is 11.3 Å². The molecule has 0 unspecified atom stereocenters. The molecule has 0 amide bonds. The molecule has 0 spiro atoms. The molecular formula is C16H16FNO. The molecule has 0 aliphatic heterocycles. The van der Waals surface area contributed by atoms with Gasteiger partial charge in [0, 0.05) is 25.3 Å². The quantitative estimate of drug-likeness (QED) is 0.785. The van der Waals surface area contributed by atoms with Crippen LogP contribution in [0.25, 0.3) is 0 Å². The van der Waals surface area contributed by atoms with Crippen LogP contribution in [0.5, 0.6) is 0 Å². The fourth-order valence-electron chi connectivity index (χ4n) is 1.88. The summed E-state index contributed by atoms with van der Waals surface area (Å²) in [7, 11) is 3.86. The summed E-state index contributed by atoms with van der Waals surface area (Å²) in [6.07, 6.45) is 0. The van der Waals surface area contributed by atoms with Gasteiger partial charge in [-0.25, -0.2) is 4.39 Å². The Hall–Kier alpha value is -2.16. The molecule has 0 heterocycles. The van der Waals surface area contributed by atoms with Crippen molar-refractivity contribution >= 4 is 11.5 Å². The van der Waals surface area contributed by atoms with Crippen LogP contribution in [-0.2, 0) is 0 Å². The molecule has 0 fully saturated rings. The summed E-state index contributed by atoms with van der Waals surface area (Å²) in [6, 6.07) is 11.7. The van der Waals surface area contributed by atoms with Crippen LogP contribution >= 0.6 is 0 Å². The van der Waals surface area contributed by atoms with Crippen molar-refractivity contribution in [3.8, 4) is 0 Å². The number of rotatable bonds is 3. The van der Waals surface area contributed by atoms with Crippen LogP contribution < -0.4 is 4.90 Å². The number of hydrogen-bond donors (Lipinski definition) is 0. The second-order valence-electron chi connectivity index (χ2n) is 4.75. The van der Waals surface area contributed by atoms with Crippen molar-refractivity contribution in [2.45, 2.75) is 6.92 Å². The summed E-state index contributed by atoms with van der Waals surface area (Å²) >= 11 is 0. The predicted molar refractivity (Wildman–Crippen MR) is 75.3 cm³/mol. The lowest BCUT2D eigenvalue weighted by Gasteiger charge is -2.12. The standard InChI is InChI=1S/C16H16FNO/c1-11-4-9-15(17)14(10-11)16(19)12-5-7-13(8-6-12)18(2)3/h4-10H,1-3H3. The first-order valence-electron chi connectivity index (χ1n) is 6.07. The number of carbonyl (C=O) groups is 1. The normalized spacial score (nSPS) is 10.3. The molecule has 0 radical (unpaired) electrons. The van der Waals surface area contributed by atoms with Crippen LogP contribution in [0, 0.1) is 12.7 Å². The number of benzene rings is 2. The van der Waals surface area contributed by atoms with Gasteiger partial charge in [0.1, 0.15) is 5.82 Å². The first kappa shape index (κ1) is 13.3. The third-order valence-electron chi connectivity index (χ3n) is 3.01. The molecule has 0 aliphatic carbocycles. The van der Waals surface area contributed by atoms with Crippen molar-refractivity contribution in [1.29, 1.82) is 0 Å². The molecule has 0 bridgehead atoms. The molecule has 19 heavy (non-hydrogen) atoms. The number of halogens is 1. The van der Waals surface area contributed by atoms with Crippen LogP contribution in [0.4, 0.5) is 10.1 Å². The average molecular weight is 257 g/mol. The monoisotopic (exact) mass is 257 g/mol. The molecule has 2 rings (SSSR count). The smallest absolute Gasteiger partial charge is 0.195 e. The minimum Gasteiger partial charge on any atom is -0.378 e. The molecule has 2 nitrogen and oxygen atoms in total. The number of nitrogens with zero attached hydrogens (tertiary/aromatic N) is 1. The van der Waals surface area contributed by atoms with E-state index in [1.54, 1.807) is 24.3 Å².